The van der Waals surface area contributed by atoms with E-state index in [0.29, 0.717) is 11.1 Å². The maximum Gasteiger partial charge on any atom is 0.244 e. The molecule has 4 nitrogen and oxygen atoms in total. The van der Waals surface area contributed by atoms with Crippen LogP contribution in [0.4, 0.5) is 4.39 Å². The van der Waals surface area contributed by atoms with E-state index in [-0.39, 0.29) is 28.7 Å². The van der Waals surface area contributed by atoms with Gasteiger partial charge in [0.05, 0.1) is 17.7 Å². The van der Waals surface area contributed by atoms with E-state index in [4.69, 9.17) is 11.6 Å². The Morgan fingerprint density at radius 2 is 2.18 bits per heavy atom. The summed E-state index contributed by atoms with van der Waals surface area (Å²) in [6, 6.07) is 9.48. The molecule has 0 aliphatic rings. The summed E-state index contributed by atoms with van der Waals surface area (Å²) in [6.07, 6.45) is 1.22. The third-order valence-corrected chi connectivity index (χ3v) is 3.31. The van der Waals surface area contributed by atoms with Gasteiger partial charge in [0.15, 0.2) is 0 Å². The lowest BCUT2D eigenvalue weighted by Gasteiger charge is -2.04. The van der Waals surface area contributed by atoms with Crippen molar-refractivity contribution in [1.29, 1.82) is 0 Å². The second-order valence-corrected chi connectivity index (χ2v) is 5.14. The first kappa shape index (κ1) is 16.0. The van der Waals surface area contributed by atoms with Crippen molar-refractivity contribution >= 4 is 23.7 Å². The van der Waals surface area contributed by atoms with Crippen LogP contribution in [0.15, 0.2) is 41.5 Å². The van der Waals surface area contributed by atoms with Crippen LogP contribution >= 0.6 is 11.6 Å². The summed E-state index contributed by atoms with van der Waals surface area (Å²) in [5.41, 5.74) is 3.51. The fraction of sp³-hybridized carbons (Fsp3) is 0.125. The van der Waals surface area contributed by atoms with E-state index in [0.717, 1.165) is 0 Å². The van der Waals surface area contributed by atoms with Crippen molar-refractivity contribution in [3.63, 3.8) is 0 Å². The lowest BCUT2D eigenvalue weighted by Crippen LogP contribution is -2.19. The van der Waals surface area contributed by atoms with Gasteiger partial charge in [-0.1, -0.05) is 29.8 Å². The summed E-state index contributed by atoms with van der Waals surface area (Å²) in [6.45, 7) is 1.61. The molecule has 22 heavy (non-hydrogen) atoms. The van der Waals surface area contributed by atoms with Crippen molar-refractivity contribution in [1.82, 2.24) is 5.43 Å². The summed E-state index contributed by atoms with van der Waals surface area (Å²) >= 11 is 5.89. The molecule has 1 amide bonds. The minimum Gasteiger partial charge on any atom is -0.508 e. The topological polar surface area (TPSA) is 61.7 Å². The monoisotopic (exact) mass is 320 g/mol. The molecule has 6 heteroatoms. The Bertz CT molecular complexity index is 732. The number of halogens is 2. The van der Waals surface area contributed by atoms with Crippen molar-refractivity contribution in [2.75, 3.05) is 0 Å². The van der Waals surface area contributed by atoms with Crippen LogP contribution in [0.1, 0.15) is 16.7 Å². The summed E-state index contributed by atoms with van der Waals surface area (Å²) in [5.74, 6) is -0.771. The molecule has 0 radical (unpaired) electrons. The second-order valence-electron chi connectivity index (χ2n) is 4.73. The van der Waals surface area contributed by atoms with E-state index < -0.39 is 5.82 Å². The van der Waals surface area contributed by atoms with E-state index in [2.05, 4.69) is 10.5 Å². The Morgan fingerprint density at radius 3 is 2.91 bits per heavy atom. The van der Waals surface area contributed by atoms with Gasteiger partial charge in [-0.05, 0) is 36.2 Å². The van der Waals surface area contributed by atoms with Crippen molar-refractivity contribution in [3.05, 3.63) is 63.9 Å². The van der Waals surface area contributed by atoms with Gasteiger partial charge in [0.2, 0.25) is 5.91 Å². The molecule has 2 rings (SSSR count). The van der Waals surface area contributed by atoms with Gasteiger partial charge in [-0.25, -0.2) is 9.82 Å². The molecule has 0 aromatic heterocycles. The number of rotatable bonds is 4. The van der Waals surface area contributed by atoms with Crippen LogP contribution in [0.3, 0.4) is 0 Å². The molecule has 0 saturated carbocycles. The number of aryl methyl sites for hydroxylation is 1. The molecule has 0 aliphatic carbocycles. The zero-order chi connectivity index (χ0) is 16.1. The highest BCUT2D eigenvalue weighted by Crippen LogP contribution is 2.20. The molecule has 0 aliphatic heterocycles. The highest BCUT2D eigenvalue weighted by Gasteiger charge is 2.08. The van der Waals surface area contributed by atoms with Gasteiger partial charge in [0, 0.05) is 5.56 Å². The number of hydrogen-bond acceptors (Lipinski definition) is 3. The van der Waals surface area contributed by atoms with E-state index >= 15 is 0 Å². The van der Waals surface area contributed by atoms with Crippen molar-refractivity contribution in [2.24, 2.45) is 5.10 Å². The zero-order valence-corrected chi connectivity index (χ0v) is 12.6. The van der Waals surface area contributed by atoms with Crippen LogP contribution in [-0.2, 0) is 11.2 Å². The molecule has 2 N–H and O–H groups in total. The molecule has 0 heterocycles. The van der Waals surface area contributed by atoms with E-state index in [1.807, 2.05) is 0 Å². The minimum absolute atomic E-state index is 0.0514. The van der Waals surface area contributed by atoms with Crippen LogP contribution in [0.25, 0.3) is 0 Å². The van der Waals surface area contributed by atoms with E-state index in [1.54, 1.807) is 31.2 Å². The van der Waals surface area contributed by atoms with Gasteiger partial charge in [-0.2, -0.15) is 5.10 Å². The maximum atomic E-state index is 13.9. The fourth-order valence-corrected chi connectivity index (χ4v) is 2.05. The molecule has 0 atom stereocenters. The average molecular weight is 321 g/mol. The van der Waals surface area contributed by atoms with Crippen LogP contribution < -0.4 is 5.43 Å². The molecule has 0 unspecified atom stereocenters. The number of carbonyl (C=O) groups is 1. The Kier molecular flexibility index (Phi) is 5.12. The quantitative estimate of drug-likeness (QED) is 0.671. The van der Waals surface area contributed by atoms with Crippen molar-refractivity contribution < 1.29 is 14.3 Å². The normalized spacial score (nSPS) is 10.9. The first-order chi connectivity index (χ1) is 10.5. The van der Waals surface area contributed by atoms with Gasteiger partial charge in [0.25, 0.3) is 0 Å². The predicted octanol–water partition coefficient (Wildman–Crippen LogP) is 3.19. The first-order valence-electron chi connectivity index (χ1n) is 6.52. The number of hydrazone groups is 1. The Labute approximate surface area is 132 Å². The average Bonchev–Trinajstić information content (AvgIpc) is 2.47. The molecule has 2 aromatic carbocycles. The van der Waals surface area contributed by atoms with Crippen molar-refractivity contribution in [3.8, 4) is 5.75 Å². The summed E-state index contributed by atoms with van der Waals surface area (Å²) in [5, 5.41) is 13.2. The highest BCUT2D eigenvalue weighted by molar-refractivity contribution is 6.33. The van der Waals surface area contributed by atoms with Gasteiger partial charge >= 0.3 is 0 Å². The number of nitrogens with zero attached hydrogens (tertiary/aromatic N) is 1. The van der Waals surface area contributed by atoms with Crippen LogP contribution in [0.5, 0.6) is 5.75 Å². The van der Waals surface area contributed by atoms with Crippen LogP contribution in [-0.4, -0.2) is 17.2 Å². The summed E-state index contributed by atoms with van der Waals surface area (Å²) in [7, 11) is 0. The second kappa shape index (κ2) is 7.04. The van der Waals surface area contributed by atoms with Crippen LogP contribution in [0, 0.1) is 12.7 Å². The number of phenolic OH excluding ortho intramolecular Hbond substituents is 1. The first-order valence-corrected chi connectivity index (χ1v) is 6.89. The Balaban J connectivity index is 2.01. The minimum atomic E-state index is -0.474. The number of phenols is 1. The standard InChI is InChI=1S/C16H14ClFN2O2/c1-10-5-6-14(17)13(16(10)18)9-19-20-15(22)8-11-3-2-4-12(21)7-11/h2-7,9,21H,8H2,1H3,(H,20,22). The number of aromatic hydroxyl groups is 1. The molecule has 0 saturated heterocycles. The van der Waals surface area contributed by atoms with E-state index in [1.165, 1.54) is 18.3 Å². The summed E-state index contributed by atoms with van der Waals surface area (Å²) in [4.78, 5) is 11.7. The predicted molar refractivity (Wildman–Crippen MR) is 83.7 cm³/mol. The molecule has 2 aromatic rings. The third kappa shape index (κ3) is 4.05. The van der Waals surface area contributed by atoms with E-state index in [9.17, 15) is 14.3 Å². The lowest BCUT2D eigenvalue weighted by atomic mass is 10.1. The van der Waals surface area contributed by atoms with Crippen molar-refractivity contribution in [2.45, 2.75) is 13.3 Å². The largest absolute Gasteiger partial charge is 0.508 e. The number of benzene rings is 2. The Hall–Kier alpha value is -2.40. The SMILES string of the molecule is Cc1ccc(Cl)c(C=NNC(=O)Cc2cccc(O)c2)c1F. The summed E-state index contributed by atoms with van der Waals surface area (Å²) < 4.78 is 13.9. The van der Waals surface area contributed by atoms with Gasteiger partial charge in [-0.15, -0.1) is 0 Å². The van der Waals surface area contributed by atoms with Crippen LogP contribution in [0.2, 0.25) is 5.02 Å². The fourth-order valence-electron chi connectivity index (χ4n) is 1.86. The highest BCUT2D eigenvalue weighted by atomic mass is 35.5. The lowest BCUT2D eigenvalue weighted by molar-refractivity contribution is -0.120. The number of nitrogens with one attached hydrogen (secondary N) is 1. The number of amides is 1. The Morgan fingerprint density at radius 1 is 1.41 bits per heavy atom. The molecule has 0 spiro atoms. The van der Waals surface area contributed by atoms with Gasteiger partial charge in [-0.3, -0.25) is 4.79 Å². The maximum absolute atomic E-state index is 13.9. The smallest absolute Gasteiger partial charge is 0.244 e. The third-order valence-electron chi connectivity index (χ3n) is 2.98. The molecule has 114 valence electrons. The molecule has 0 bridgehead atoms. The van der Waals surface area contributed by atoms with Gasteiger partial charge in [0.1, 0.15) is 11.6 Å². The zero-order valence-electron chi connectivity index (χ0n) is 11.8. The van der Waals surface area contributed by atoms with Gasteiger partial charge < -0.3 is 5.11 Å². The molecular weight excluding hydrogens is 307 g/mol. The molecular formula is C16H14ClFN2O2. The number of carbonyl (C=O) groups excluding carboxylic acids is 1. The molecule has 0 fully saturated rings. The number of hydrogen-bond donors (Lipinski definition) is 2.